The zero-order valence-corrected chi connectivity index (χ0v) is 28.4. The lowest BCUT2D eigenvalue weighted by Crippen LogP contribution is -2.44. The number of Topliss-reactive ketones (excluding diaryl/α,β-unsaturated/α-hetero) is 2. The number of carbonyl (C=O) groups is 2. The Labute approximate surface area is 263 Å². The molecule has 3 aliphatic rings. The monoisotopic (exact) mass is 669 g/mol. The van der Waals surface area contributed by atoms with Crippen LogP contribution in [0, 0.1) is 17.8 Å². The van der Waals surface area contributed by atoms with Crippen molar-refractivity contribution in [3.05, 3.63) is 74.5 Å². The number of aryl methyl sites for hydroxylation is 1. The molecule has 0 amide bonds. The summed E-state index contributed by atoms with van der Waals surface area (Å²) in [6.45, 7) is 13.2. The van der Waals surface area contributed by atoms with Crippen molar-refractivity contribution >= 4 is 37.6 Å². The third kappa shape index (κ3) is 5.95. The molecule has 0 saturated carbocycles. The van der Waals surface area contributed by atoms with E-state index in [2.05, 4.69) is 55.4 Å². The van der Waals surface area contributed by atoms with Gasteiger partial charge >= 0.3 is 10.1 Å². The largest absolute Gasteiger partial charge is 0.493 e. The molecule has 0 aromatic heterocycles. The van der Waals surface area contributed by atoms with Gasteiger partial charge in [0.2, 0.25) is 0 Å². The fourth-order valence-electron chi connectivity index (χ4n) is 6.72. The summed E-state index contributed by atoms with van der Waals surface area (Å²) < 4.78 is 38.0. The fraction of sp³-hybridized carbons (Fsp3) is 0.471. The van der Waals surface area contributed by atoms with Gasteiger partial charge in [-0.25, -0.2) is 0 Å². The molecule has 1 aliphatic heterocycles. The molecule has 230 valence electrons. The quantitative estimate of drug-likeness (QED) is 0.280. The van der Waals surface area contributed by atoms with Crippen molar-refractivity contribution in [3.8, 4) is 11.5 Å². The second-order valence-electron chi connectivity index (χ2n) is 13.6. The van der Waals surface area contributed by atoms with Gasteiger partial charge in [0.25, 0.3) is 0 Å². The van der Waals surface area contributed by atoms with Gasteiger partial charge in [0, 0.05) is 47.8 Å². The zero-order chi connectivity index (χ0) is 31.5. The molecule has 5 rings (SSSR count). The van der Waals surface area contributed by atoms with E-state index in [0.29, 0.717) is 34.0 Å². The summed E-state index contributed by atoms with van der Waals surface area (Å²) in [4.78, 5) is 30.3. The Morgan fingerprint density at radius 1 is 0.907 bits per heavy atom. The van der Waals surface area contributed by atoms with E-state index >= 15 is 0 Å². The van der Waals surface area contributed by atoms with Crippen molar-refractivity contribution in [1.82, 2.24) is 4.90 Å². The molecular formula is C34H40BrNO6S. The Balaban J connectivity index is 1.69. The van der Waals surface area contributed by atoms with Crippen LogP contribution in [0.25, 0.3) is 0 Å². The third-order valence-corrected chi connectivity index (χ3v) is 10.4. The molecule has 0 spiro atoms. The maximum atomic E-state index is 14.0. The molecule has 2 aromatic carbocycles. The molecule has 0 N–H and O–H groups in total. The van der Waals surface area contributed by atoms with E-state index < -0.39 is 16.0 Å². The summed E-state index contributed by atoms with van der Waals surface area (Å²) in [6, 6.07) is 9.88. The maximum absolute atomic E-state index is 14.0. The van der Waals surface area contributed by atoms with Crippen LogP contribution in [0.15, 0.2) is 68.3 Å². The van der Waals surface area contributed by atoms with Gasteiger partial charge in [-0.3, -0.25) is 9.59 Å². The molecule has 0 atom stereocenters. The standard InChI is InChI=1S/C34H40BrNO6S/c1-8-13-36-24-16-33(3,4)18-26(37)30(24)29(31-25(36)17-34(5,6)19-27(31)38)21-14-23(35)32(28(15-21)41-7)42-43(39,40)22-11-9-20(2)10-12-22/h9-12,14-15,29H,8,13,16-19H2,1-7H3. The van der Waals surface area contributed by atoms with E-state index in [1.807, 2.05) is 6.92 Å². The highest BCUT2D eigenvalue weighted by Gasteiger charge is 2.49. The number of hydrogen-bond acceptors (Lipinski definition) is 7. The molecule has 9 heteroatoms. The molecule has 0 saturated heterocycles. The first-order valence-electron chi connectivity index (χ1n) is 14.8. The van der Waals surface area contributed by atoms with Crippen LogP contribution in [0.4, 0.5) is 0 Å². The molecule has 0 unspecified atom stereocenters. The Kier molecular flexibility index (Phi) is 8.22. The van der Waals surface area contributed by atoms with Crippen LogP contribution in [-0.2, 0) is 19.7 Å². The predicted octanol–water partition coefficient (Wildman–Crippen LogP) is 7.63. The van der Waals surface area contributed by atoms with Crippen LogP contribution in [0.5, 0.6) is 11.5 Å². The maximum Gasteiger partial charge on any atom is 0.339 e. The highest BCUT2D eigenvalue weighted by Crippen LogP contribution is 2.55. The average molecular weight is 671 g/mol. The Hall–Kier alpha value is -2.91. The Morgan fingerprint density at radius 2 is 1.44 bits per heavy atom. The molecule has 2 aromatic rings. The van der Waals surface area contributed by atoms with Crippen LogP contribution in [0.1, 0.15) is 83.8 Å². The SMILES string of the molecule is CCCN1C2=C(C(=O)CC(C)(C)C2)C(c2cc(Br)c(OS(=O)(=O)c3ccc(C)cc3)c(OC)c2)C2=C1CC(C)(C)CC2=O. The van der Waals surface area contributed by atoms with E-state index in [1.165, 1.54) is 19.2 Å². The number of methoxy groups -OCH3 is 1. The van der Waals surface area contributed by atoms with Crippen molar-refractivity contribution in [2.75, 3.05) is 13.7 Å². The van der Waals surface area contributed by atoms with Crippen molar-refractivity contribution in [2.24, 2.45) is 10.8 Å². The number of rotatable bonds is 7. The smallest absolute Gasteiger partial charge is 0.339 e. The second kappa shape index (κ2) is 11.2. The lowest BCUT2D eigenvalue weighted by Gasteiger charge is -2.49. The van der Waals surface area contributed by atoms with Crippen molar-refractivity contribution in [3.63, 3.8) is 0 Å². The fourth-order valence-corrected chi connectivity index (χ4v) is 8.33. The van der Waals surface area contributed by atoms with Gasteiger partial charge in [-0.2, -0.15) is 8.42 Å². The van der Waals surface area contributed by atoms with Crippen molar-refractivity contribution in [1.29, 1.82) is 0 Å². The molecule has 0 bridgehead atoms. The topological polar surface area (TPSA) is 90.0 Å². The molecule has 0 fully saturated rings. The second-order valence-corrected chi connectivity index (χ2v) is 16.0. The minimum atomic E-state index is -4.16. The number of benzene rings is 2. The summed E-state index contributed by atoms with van der Waals surface area (Å²) in [7, 11) is -2.72. The van der Waals surface area contributed by atoms with E-state index in [0.717, 1.165) is 42.8 Å². The Bertz CT molecular complexity index is 1610. The number of halogens is 1. The van der Waals surface area contributed by atoms with E-state index in [4.69, 9.17) is 8.92 Å². The first-order chi connectivity index (χ1) is 20.1. The van der Waals surface area contributed by atoms with Gasteiger partial charge in [-0.1, -0.05) is 52.3 Å². The normalized spacial score (nSPS) is 20.2. The number of ether oxygens (including phenoxy) is 1. The number of allylic oxidation sites excluding steroid dienone is 4. The Morgan fingerprint density at radius 3 is 1.93 bits per heavy atom. The van der Waals surface area contributed by atoms with Gasteiger partial charge in [0.15, 0.2) is 23.1 Å². The highest BCUT2D eigenvalue weighted by atomic mass is 79.9. The molecule has 1 heterocycles. The zero-order valence-electron chi connectivity index (χ0n) is 26.0. The number of carbonyl (C=O) groups excluding carboxylic acids is 2. The van der Waals surface area contributed by atoms with Crippen LogP contribution in [0.2, 0.25) is 0 Å². The first-order valence-corrected chi connectivity index (χ1v) is 17.0. The molecular weight excluding hydrogens is 630 g/mol. The van der Waals surface area contributed by atoms with Crippen molar-refractivity contribution < 1.29 is 26.9 Å². The molecule has 43 heavy (non-hydrogen) atoms. The summed E-state index contributed by atoms with van der Waals surface area (Å²) >= 11 is 3.54. The van der Waals surface area contributed by atoms with Crippen LogP contribution in [-0.4, -0.2) is 38.5 Å². The summed E-state index contributed by atoms with van der Waals surface area (Å²) in [5.74, 6) is -0.311. The van der Waals surface area contributed by atoms with Gasteiger partial charge in [-0.05, 0) is 82.8 Å². The minimum Gasteiger partial charge on any atom is -0.493 e. The van der Waals surface area contributed by atoms with Gasteiger partial charge < -0.3 is 13.8 Å². The predicted molar refractivity (Wildman–Crippen MR) is 170 cm³/mol. The third-order valence-electron chi connectivity index (χ3n) is 8.56. The van der Waals surface area contributed by atoms with E-state index in [-0.39, 0.29) is 38.8 Å². The van der Waals surface area contributed by atoms with Crippen molar-refractivity contribution in [2.45, 2.75) is 84.5 Å². The summed E-state index contributed by atoms with van der Waals surface area (Å²) in [5, 5.41) is 0. The number of ketones is 2. The average Bonchev–Trinajstić information content (AvgIpc) is 2.89. The molecule has 2 aliphatic carbocycles. The molecule has 7 nitrogen and oxygen atoms in total. The number of nitrogens with zero attached hydrogens (tertiary/aromatic N) is 1. The minimum absolute atomic E-state index is 0.00542. The highest BCUT2D eigenvalue weighted by molar-refractivity contribution is 9.10. The first kappa shape index (κ1) is 31.5. The van der Waals surface area contributed by atoms with Gasteiger partial charge in [0.1, 0.15) is 4.90 Å². The van der Waals surface area contributed by atoms with Gasteiger partial charge in [-0.15, -0.1) is 0 Å². The lowest BCUT2D eigenvalue weighted by molar-refractivity contribution is -0.119. The van der Waals surface area contributed by atoms with Crippen LogP contribution >= 0.6 is 15.9 Å². The van der Waals surface area contributed by atoms with E-state index in [9.17, 15) is 18.0 Å². The van der Waals surface area contributed by atoms with Gasteiger partial charge in [0.05, 0.1) is 11.6 Å². The van der Waals surface area contributed by atoms with Crippen LogP contribution in [0.3, 0.4) is 0 Å². The lowest BCUT2D eigenvalue weighted by atomic mass is 9.63. The summed E-state index contributed by atoms with van der Waals surface area (Å²) in [6.07, 6.45) is 3.11. The number of hydrogen-bond donors (Lipinski definition) is 0. The summed E-state index contributed by atoms with van der Waals surface area (Å²) in [5.41, 5.74) is 4.50. The van der Waals surface area contributed by atoms with E-state index in [1.54, 1.807) is 24.3 Å². The molecule has 0 radical (unpaired) electrons. The van der Waals surface area contributed by atoms with Crippen LogP contribution < -0.4 is 8.92 Å².